The molecule has 23 heavy (non-hydrogen) atoms. The lowest BCUT2D eigenvalue weighted by atomic mass is 10.0. The van der Waals surface area contributed by atoms with E-state index < -0.39 is 0 Å². The van der Waals surface area contributed by atoms with Gasteiger partial charge < -0.3 is 20.1 Å². The van der Waals surface area contributed by atoms with Crippen molar-refractivity contribution in [1.82, 2.24) is 20.2 Å². The number of likely N-dealkylation sites (N-methyl/N-ethyl adjacent to an activating group) is 1. The van der Waals surface area contributed by atoms with Gasteiger partial charge in [-0.05, 0) is 44.1 Å². The second-order valence-electron chi connectivity index (χ2n) is 5.99. The molecule has 2 atom stereocenters. The molecule has 0 aliphatic carbocycles. The average Bonchev–Trinajstić information content (AvgIpc) is 2.59. The quantitative estimate of drug-likeness (QED) is 0.852. The van der Waals surface area contributed by atoms with E-state index in [1.807, 2.05) is 31.4 Å². The molecule has 3 heterocycles. The SMILES string of the molecule is CN[C@H]1CCN(CCc2ccnc3ccc(OC)nc23)C[C@@H]1O. The molecule has 0 aromatic carbocycles. The molecular weight excluding hydrogens is 292 g/mol. The number of methoxy groups -OCH3 is 1. The van der Waals surface area contributed by atoms with Gasteiger partial charge in [-0.3, -0.25) is 4.98 Å². The summed E-state index contributed by atoms with van der Waals surface area (Å²) in [7, 11) is 3.53. The second kappa shape index (κ2) is 7.21. The number of aliphatic hydroxyl groups excluding tert-OH is 1. The summed E-state index contributed by atoms with van der Waals surface area (Å²) in [4.78, 5) is 11.2. The van der Waals surface area contributed by atoms with Crippen LogP contribution in [0.4, 0.5) is 0 Å². The molecule has 0 amide bonds. The van der Waals surface area contributed by atoms with Crippen LogP contribution in [-0.4, -0.2) is 65.9 Å². The highest BCUT2D eigenvalue weighted by Crippen LogP contribution is 2.19. The number of pyridine rings is 2. The number of likely N-dealkylation sites (tertiary alicyclic amines) is 1. The van der Waals surface area contributed by atoms with Crippen molar-refractivity contribution in [2.75, 3.05) is 33.8 Å². The minimum absolute atomic E-state index is 0.207. The standard InChI is InChI=1S/C17H24N4O2/c1-18-13-7-10-21(11-15(13)22)9-6-12-5-8-19-14-3-4-16(23-2)20-17(12)14/h3-5,8,13,15,18,22H,6-7,9-11H2,1-2H3/t13-,15-/m0/s1. The summed E-state index contributed by atoms with van der Waals surface area (Å²) in [6, 6.07) is 6.00. The maximum Gasteiger partial charge on any atom is 0.213 e. The van der Waals surface area contributed by atoms with Gasteiger partial charge in [0.1, 0.15) is 0 Å². The molecule has 1 saturated heterocycles. The van der Waals surface area contributed by atoms with Gasteiger partial charge in [-0.1, -0.05) is 0 Å². The van der Waals surface area contributed by atoms with Crippen LogP contribution < -0.4 is 10.1 Å². The van der Waals surface area contributed by atoms with E-state index in [0.717, 1.165) is 37.0 Å². The van der Waals surface area contributed by atoms with Gasteiger partial charge in [0, 0.05) is 31.4 Å². The number of β-amino-alcohol motifs (C(OH)–C–C–N with tert-alkyl or cyclic N) is 1. The van der Waals surface area contributed by atoms with Crippen LogP contribution in [0, 0.1) is 0 Å². The van der Waals surface area contributed by atoms with Crippen LogP contribution in [-0.2, 0) is 6.42 Å². The molecule has 6 nitrogen and oxygen atoms in total. The van der Waals surface area contributed by atoms with Crippen molar-refractivity contribution in [1.29, 1.82) is 0 Å². The van der Waals surface area contributed by atoms with Gasteiger partial charge in [-0.15, -0.1) is 0 Å². The fourth-order valence-electron chi connectivity index (χ4n) is 3.19. The molecule has 0 bridgehead atoms. The van der Waals surface area contributed by atoms with Crippen molar-refractivity contribution >= 4 is 11.0 Å². The maximum atomic E-state index is 10.1. The number of nitrogens with zero attached hydrogens (tertiary/aromatic N) is 3. The number of aromatic nitrogens is 2. The largest absolute Gasteiger partial charge is 0.481 e. The molecule has 6 heteroatoms. The Balaban J connectivity index is 1.70. The fourth-order valence-corrected chi connectivity index (χ4v) is 3.19. The Hall–Kier alpha value is -1.76. The number of hydrogen-bond acceptors (Lipinski definition) is 6. The molecule has 2 N–H and O–H groups in total. The summed E-state index contributed by atoms with van der Waals surface area (Å²) in [6.07, 6.45) is 3.38. The molecule has 2 aromatic rings. The van der Waals surface area contributed by atoms with Crippen LogP contribution in [0.2, 0.25) is 0 Å². The number of rotatable bonds is 5. The van der Waals surface area contributed by atoms with Gasteiger partial charge in [0.25, 0.3) is 0 Å². The van der Waals surface area contributed by atoms with Crippen LogP contribution in [0.25, 0.3) is 11.0 Å². The third-order valence-corrected chi connectivity index (χ3v) is 4.59. The van der Waals surface area contributed by atoms with E-state index in [9.17, 15) is 5.11 Å². The molecule has 1 aliphatic rings. The first kappa shape index (κ1) is 16.1. The molecule has 0 saturated carbocycles. The van der Waals surface area contributed by atoms with E-state index in [2.05, 4.69) is 20.2 Å². The molecule has 1 fully saturated rings. The Morgan fingerprint density at radius 1 is 1.39 bits per heavy atom. The van der Waals surface area contributed by atoms with Crippen molar-refractivity contribution in [2.45, 2.75) is 25.0 Å². The molecule has 0 unspecified atom stereocenters. The summed E-state index contributed by atoms with van der Waals surface area (Å²) in [5.41, 5.74) is 2.95. The third-order valence-electron chi connectivity index (χ3n) is 4.59. The van der Waals surface area contributed by atoms with Gasteiger partial charge in [0.05, 0.1) is 24.2 Å². The molecule has 1 aliphatic heterocycles. The Kier molecular flexibility index (Phi) is 5.05. The highest BCUT2D eigenvalue weighted by Gasteiger charge is 2.26. The summed E-state index contributed by atoms with van der Waals surface area (Å²) >= 11 is 0. The molecule has 0 spiro atoms. The first-order valence-electron chi connectivity index (χ1n) is 8.07. The Bertz CT molecular complexity index is 664. The summed E-state index contributed by atoms with van der Waals surface area (Å²) < 4.78 is 5.22. The zero-order valence-electron chi connectivity index (χ0n) is 13.7. The minimum atomic E-state index is -0.304. The summed E-state index contributed by atoms with van der Waals surface area (Å²) in [5, 5.41) is 13.3. The third kappa shape index (κ3) is 3.60. The molecule has 3 rings (SSSR count). The van der Waals surface area contributed by atoms with Crippen LogP contribution in [0.15, 0.2) is 24.4 Å². The Morgan fingerprint density at radius 2 is 2.26 bits per heavy atom. The number of hydrogen-bond donors (Lipinski definition) is 2. The lowest BCUT2D eigenvalue weighted by Crippen LogP contribution is -2.52. The monoisotopic (exact) mass is 316 g/mol. The summed E-state index contributed by atoms with van der Waals surface area (Å²) in [5.74, 6) is 0.608. The first-order valence-corrected chi connectivity index (χ1v) is 8.07. The number of piperidine rings is 1. The molecule has 124 valence electrons. The number of aliphatic hydroxyl groups is 1. The minimum Gasteiger partial charge on any atom is -0.481 e. The van der Waals surface area contributed by atoms with E-state index in [0.29, 0.717) is 12.4 Å². The lowest BCUT2D eigenvalue weighted by Gasteiger charge is -2.35. The van der Waals surface area contributed by atoms with Crippen molar-refractivity contribution in [3.05, 3.63) is 30.0 Å². The van der Waals surface area contributed by atoms with E-state index in [-0.39, 0.29) is 12.1 Å². The number of nitrogens with one attached hydrogen (secondary N) is 1. The van der Waals surface area contributed by atoms with Crippen molar-refractivity contribution < 1.29 is 9.84 Å². The fraction of sp³-hybridized carbons (Fsp3) is 0.529. The van der Waals surface area contributed by atoms with E-state index in [4.69, 9.17) is 4.74 Å². The highest BCUT2D eigenvalue weighted by molar-refractivity contribution is 5.78. The predicted molar refractivity (Wildman–Crippen MR) is 89.7 cm³/mol. The highest BCUT2D eigenvalue weighted by atomic mass is 16.5. The van der Waals surface area contributed by atoms with Crippen molar-refractivity contribution in [3.8, 4) is 5.88 Å². The maximum absolute atomic E-state index is 10.1. The van der Waals surface area contributed by atoms with E-state index >= 15 is 0 Å². The normalized spacial score (nSPS) is 22.4. The Morgan fingerprint density at radius 3 is 3.00 bits per heavy atom. The second-order valence-corrected chi connectivity index (χ2v) is 5.99. The van der Waals surface area contributed by atoms with Crippen LogP contribution in [0.5, 0.6) is 5.88 Å². The Labute approximate surface area is 136 Å². The average molecular weight is 316 g/mol. The van der Waals surface area contributed by atoms with Gasteiger partial charge in [-0.2, -0.15) is 0 Å². The predicted octanol–water partition coefficient (Wildman–Crippen LogP) is 0.835. The zero-order valence-corrected chi connectivity index (χ0v) is 13.7. The lowest BCUT2D eigenvalue weighted by molar-refractivity contribution is 0.0438. The van der Waals surface area contributed by atoms with Crippen LogP contribution in [0.1, 0.15) is 12.0 Å². The van der Waals surface area contributed by atoms with Gasteiger partial charge in [0.15, 0.2) is 0 Å². The van der Waals surface area contributed by atoms with Crippen LogP contribution in [0.3, 0.4) is 0 Å². The van der Waals surface area contributed by atoms with Gasteiger partial charge in [0.2, 0.25) is 5.88 Å². The van der Waals surface area contributed by atoms with Crippen molar-refractivity contribution in [3.63, 3.8) is 0 Å². The van der Waals surface area contributed by atoms with Crippen molar-refractivity contribution in [2.24, 2.45) is 0 Å². The number of fused-ring (bicyclic) bond motifs is 1. The van der Waals surface area contributed by atoms with Gasteiger partial charge in [-0.25, -0.2) is 4.98 Å². The van der Waals surface area contributed by atoms with Gasteiger partial charge >= 0.3 is 0 Å². The smallest absolute Gasteiger partial charge is 0.213 e. The van der Waals surface area contributed by atoms with Crippen LogP contribution >= 0.6 is 0 Å². The summed E-state index contributed by atoms with van der Waals surface area (Å²) in [6.45, 7) is 2.62. The zero-order chi connectivity index (χ0) is 16.2. The van der Waals surface area contributed by atoms with E-state index in [1.165, 1.54) is 5.56 Å². The first-order chi connectivity index (χ1) is 11.2. The van der Waals surface area contributed by atoms with E-state index in [1.54, 1.807) is 7.11 Å². The number of ether oxygens (including phenoxy) is 1. The molecule has 0 radical (unpaired) electrons. The molecular formula is C17H24N4O2. The molecule has 2 aromatic heterocycles. The topological polar surface area (TPSA) is 70.5 Å².